The highest BCUT2D eigenvalue weighted by molar-refractivity contribution is 5.94. The minimum Gasteiger partial charge on any atom is -0.480 e. The molecule has 1 aromatic rings. The van der Waals surface area contributed by atoms with E-state index in [4.69, 9.17) is 4.74 Å². The van der Waals surface area contributed by atoms with Crippen LogP contribution in [0, 0.1) is 12.7 Å². The molecule has 0 saturated carbocycles. The van der Waals surface area contributed by atoms with Gasteiger partial charge in [-0.05, 0) is 6.92 Å². The Balaban J connectivity index is 2.49. The number of hydrogen-bond acceptors (Lipinski definition) is 3. The first-order chi connectivity index (χ1) is 6.16. The molecule has 0 aliphatic carbocycles. The monoisotopic (exact) mass is 182 g/mol. The summed E-state index contributed by atoms with van der Waals surface area (Å²) in [5.74, 6) is -0.140. The van der Waals surface area contributed by atoms with Gasteiger partial charge in [-0.2, -0.15) is 0 Å². The van der Waals surface area contributed by atoms with Crippen molar-refractivity contribution in [3.63, 3.8) is 0 Å². The van der Waals surface area contributed by atoms with Crippen LogP contribution < -0.4 is 10.1 Å². The lowest BCUT2D eigenvalue weighted by Crippen LogP contribution is -2.26. The van der Waals surface area contributed by atoms with Crippen molar-refractivity contribution in [3.05, 3.63) is 17.6 Å². The molecule has 0 fully saturated rings. The molecular weight excluding hydrogens is 175 g/mol. The SMILES string of the molecule is Cc1nc2c(cc1F)OCC(=O)N2. The maximum absolute atomic E-state index is 12.9. The van der Waals surface area contributed by atoms with Crippen LogP contribution in [0.3, 0.4) is 0 Å². The average Bonchev–Trinajstić information content (AvgIpc) is 2.08. The van der Waals surface area contributed by atoms with Crippen LogP contribution in [0.25, 0.3) is 0 Å². The highest BCUT2D eigenvalue weighted by Gasteiger charge is 2.18. The van der Waals surface area contributed by atoms with Crippen LogP contribution >= 0.6 is 0 Å². The van der Waals surface area contributed by atoms with Gasteiger partial charge in [0.1, 0.15) is 5.82 Å². The number of halogens is 1. The summed E-state index contributed by atoms with van der Waals surface area (Å²) in [7, 11) is 0. The lowest BCUT2D eigenvalue weighted by atomic mass is 10.3. The minimum atomic E-state index is -0.435. The molecule has 1 aliphatic rings. The third kappa shape index (κ3) is 1.32. The van der Waals surface area contributed by atoms with Crippen molar-refractivity contribution < 1.29 is 13.9 Å². The Hall–Kier alpha value is -1.65. The standard InChI is InChI=1S/C8H7FN2O2/c1-4-5(9)2-6-8(10-4)11-7(12)3-13-6/h2H,3H2,1H3,(H,10,11,12). The van der Waals surface area contributed by atoms with E-state index in [2.05, 4.69) is 10.3 Å². The van der Waals surface area contributed by atoms with Gasteiger partial charge in [-0.25, -0.2) is 9.37 Å². The van der Waals surface area contributed by atoms with Crippen molar-refractivity contribution in [2.24, 2.45) is 0 Å². The van der Waals surface area contributed by atoms with E-state index in [0.717, 1.165) is 0 Å². The minimum absolute atomic E-state index is 0.0861. The summed E-state index contributed by atoms with van der Waals surface area (Å²) < 4.78 is 17.9. The Labute approximate surface area is 73.7 Å². The number of pyridine rings is 1. The van der Waals surface area contributed by atoms with E-state index >= 15 is 0 Å². The number of ether oxygens (including phenoxy) is 1. The second kappa shape index (κ2) is 2.69. The van der Waals surface area contributed by atoms with Gasteiger partial charge in [-0.15, -0.1) is 0 Å². The smallest absolute Gasteiger partial charge is 0.263 e. The summed E-state index contributed by atoms with van der Waals surface area (Å²) in [6.45, 7) is 1.44. The van der Waals surface area contributed by atoms with Crippen molar-refractivity contribution in [3.8, 4) is 5.75 Å². The topological polar surface area (TPSA) is 51.2 Å². The molecule has 13 heavy (non-hydrogen) atoms. The van der Waals surface area contributed by atoms with Crippen molar-refractivity contribution in [2.75, 3.05) is 11.9 Å². The third-order valence-electron chi connectivity index (χ3n) is 1.73. The van der Waals surface area contributed by atoms with Gasteiger partial charge < -0.3 is 10.1 Å². The fraction of sp³-hybridized carbons (Fsp3) is 0.250. The zero-order valence-electron chi connectivity index (χ0n) is 6.93. The molecule has 4 nitrogen and oxygen atoms in total. The third-order valence-corrected chi connectivity index (χ3v) is 1.73. The van der Waals surface area contributed by atoms with Crippen molar-refractivity contribution in [1.82, 2.24) is 4.98 Å². The first-order valence-electron chi connectivity index (χ1n) is 3.76. The van der Waals surface area contributed by atoms with Crippen molar-refractivity contribution >= 4 is 11.7 Å². The van der Waals surface area contributed by atoms with E-state index in [1.165, 1.54) is 13.0 Å². The molecule has 1 aromatic heterocycles. The zero-order valence-corrected chi connectivity index (χ0v) is 6.93. The maximum Gasteiger partial charge on any atom is 0.263 e. The lowest BCUT2D eigenvalue weighted by molar-refractivity contribution is -0.118. The van der Waals surface area contributed by atoms with Crippen molar-refractivity contribution in [2.45, 2.75) is 6.92 Å². The summed E-state index contributed by atoms with van der Waals surface area (Å²) >= 11 is 0. The normalized spacial score (nSPS) is 14.5. The second-order valence-corrected chi connectivity index (χ2v) is 2.74. The number of aryl methyl sites for hydroxylation is 1. The van der Waals surface area contributed by atoms with E-state index < -0.39 is 5.82 Å². The average molecular weight is 182 g/mol. The van der Waals surface area contributed by atoms with Gasteiger partial charge in [0, 0.05) is 6.07 Å². The van der Waals surface area contributed by atoms with E-state index in [9.17, 15) is 9.18 Å². The van der Waals surface area contributed by atoms with Crippen LogP contribution in [0.2, 0.25) is 0 Å². The van der Waals surface area contributed by atoms with Crippen LogP contribution in [-0.2, 0) is 4.79 Å². The quantitative estimate of drug-likeness (QED) is 0.647. The lowest BCUT2D eigenvalue weighted by Gasteiger charge is -2.16. The van der Waals surface area contributed by atoms with E-state index in [1.54, 1.807) is 0 Å². The molecule has 0 aromatic carbocycles. The fourth-order valence-electron chi connectivity index (χ4n) is 1.08. The van der Waals surface area contributed by atoms with Crippen LogP contribution in [-0.4, -0.2) is 17.5 Å². The second-order valence-electron chi connectivity index (χ2n) is 2.74. The van der Waals surface area contributed by atoms with Crippen LogP contribution in [0.4, 0.5) is 10.2 Å². The van der Waals surface area contributed by atoms with Gasteiger partial charge in [0.25, 0.3) is 5.91 Å². The number of rotatable bonds is 0. The Morgan fingerprint density at radius 2 is 2.46 bits per heavy atom. The van der Waals surface area contributed by atoms with Crippen molar-refractivity contribution in [1.29, 1.82) is 0 Å². The van der Waals surface area contributed by atoms with E-state index in [1.807, 2.05) is 0 Å². The summed E-state index contributed by atoms with van der Waals surface area (Å²) in [6, 6.07) is 1.22. The molecule has 1 aliphatic heterocycles. The van der Waals surface area contributed by atoms with Gasteiger partial charge in [0.05, 0.1) is 5.69 Å². The molecule has 2 rings (SSSR count). The molecule has 5 heteroatoms. The molecule has 1 amide bonds. The zero-order chi connectivity index (χ0) is 9.42. The molecule has 0 saturated heterocycles. The Morgan fingerprint density at radius 3 is 3.23 bits per heavy atom. The van der Waals surface area contributed by atoms with Gasteiger partial charge in [0.15, 0.2) is 18.2 Å². The van der Waals surface area contributed by atoms with Gasteiger partial charge in [0.2, 0.25) is 0 Å². The number of amides is 1. The molecule has 1 N–H and O–H groups in total. The highest BCUT2D eigenvalue weighted by Crippen LogP contribution is 2.26. The summed E-state index contributed by atoms with van der Waals surface area (Å²) in [5.41, 5.74) is 0.240. The largest absolute Gasteiger partial charge is 0.480 e. The van der Waals surface area contributed by atoms with Gasteiger partial charge >= 0.3 is 0 Å². The number of nitrogens with one attached hydrogen (secondary N) is 1. The number of nitrogens with zero attached hydrogens (tertiary/aromatic N) is 1. The predicted molar refractivity (Wildman–Crippen MR) is 43.1 cm³/mol. The number of carbonyl (C=O) groups is 1. The van der Waals surface area contributed by atoms with E-state index in [-0.39, 0.29) is 29.8 Å². The molecule has 2 heterocycles. The number of aromatic nitrogens is 1. The van der Waals surface area contributed by atoms with Crippen LogP contribution in [0.5, 0.6) is 5.75 Å². The van der Waals surface area contributed by atoms with Crippen LogP contribution in [0.1, 0.15) is 5.69 Å². The predicted octanol–water partition coefficient (Wildman–Crippen LogP) is 0.860. The molecule has 0 radical (unpaired) electrons. The van der Waals surface area contributed by atoms with Gasteiger partial charge in [-0.3, -0.25) is 4.79 Å². The highest BCUT2D eigenvalue weighted by atomic mass is 19.1. The maximum atomic E-state index is 12.9. The molecule has 0 bridgehead atoms. The first kappa shape index (κ1) is 7.97. The van der Waals surface area contributed by atoms with E-state index in [0.29, 0.717) is 0 Å². The summed E-state index contributed by atoms with van der Waals surface area (Å²) in [4.78, 5) is 14.7. The Kier molecular flexibility index (Phi) is 1.65. The first-order valence-corrected chi connectivity index (χ1v) is 3.76. The Morgan fingerprint density at radius 1 is 1.69 bits per heavy atom. The number of fused-ring (bicyclic) bond motifs is 1. The molecular formula is C8H7FN2O2. The summed E-state index contributed by atoms with van der Waals surface area (Å²) in [6.07, 6.45) is 0. The number of carbonyl (C=O) groups excluding carboxylic acids is 1. The number of hydrogen-bond donors (Lipinski definition) is 1. The fourth-order valence-corrected chi connectivity index (χ4v) is 1.08. The number of anilines is 1. The Bertz CT molecular complexity index is 379. The van der Waals surface area contributed by atoms with Crippen LogP contribution in [0.15, 0.2) is 6.07 Å². The van der Waals surface area contributed by atoms with Gasteiger partial charge in [-0.1, -0.05) is 0 Å². The molecule has 68 valence electrons. The summed E-state index contributed by atoms with van der Waals surface area (Å²) in [5, 5.41) is 2.49. The molecule has 0 unspecified atom stereocenters. The molecule has 0 spiro atoms. The molecule has 0 atom stereocenters.